The van der Waals surface area contributed by atoms with Gasteiger partial charge >= 0.3 is 0 Å². The Kier molecular flexibility index (Phi) is 7.98. The van der Waals surface area contributed by atoms with Gasteiger partial charge in [0.25, 0.3) is 0 Å². The quantitative estimate of drug-likeness (QED) is 0.864. The van der Waals surface area contributed by atoms with Crippen LogP contribution >= 0.6 is 12.4 Å². The molecule has 0 atom stereocenters. The number of rotatable bonds is 6. The third-order valence-electron chi connectivity index (χ3n) is 4.45. The molecule has 0 fully saturated rings. The Balaban J connectivity index is 0.00000400. The summed E-state index contributed by atoms with van der Waals surface area (Å²) < 4.78 is 0. The molecule has 1 amide bonds. The van der Waals surface area contributed by atoms with Crippen molar-refractivity contribution in [1.29, 1.82) is 0 Å². The average Bonchev–Trinajstić information content (AvgIpc) is 2.48. The van der Waals surface area contributed by atoms with E-state index in [1.54, 1.807) is 4.90 Å². The van der Waals surface area contributed by atoms with Crippen LogP contribution in [-0.2, 0) is 4.79 Å². The van der Waals surface area contributed by atoms with Crippen LogP contribution in [-0.4, -0.2) is 19.5 Å². The molecular weight excluding hydrogens is 284 g/mol. The molecule has 0 unspecified atom stereocenters. The Morgan fingerprint density at radius 1 is 1.19 bits per heavy atom. The van der Waals surface area contributed by atoms with Gasteiger partial charge in [-0.2, -0.15) is 0 Å². The first-order chi connectivity index (χ1) is 9.41. The summed E-state index contributed by atoms with van der Waals surface area (Å²) in [6, 6.07) is 8.21. The highest BCUT2D eigenvalue weighted by molar-refractivity contribution is 5.97. The Labute approximate surface area is 135 Å². The second kappa shape index (κ2) is 8.40. The average molecular weight is 313 g/mol. The number of halogens is 1. The predicted molar refractivity (Wildman–Crippen MR) is 93.3 cm³/mol. The van der Waals surface area contributed by atoms with Gasteiger partial charge in [-0.3, -0.25) is 4.79 Å². The summed E-state index contributed by atoms with van der Waals surface area (Å²) in [5.41, 5.74) is 7.64. The topological polar surface area (TPSA) is 46.3 Å². The highest BCUT2D eigenvalue weighted by Gasteiger charge is 2.36. The number of benzene rings is 1. The molecule has 0 saturated carbocycles. The van der Waals surface area contributed by atoms with Gasteiger partial charge in [0.1, 0.15) is 0 Å². The van der Waals surface area contributed by atoms with E-state index in [2.05, 4.69) is 26.0 Å². The SMILES string of the molecule is CCC(CC)(CN)C(=O)N(C)c1ccc(C(C)C)cc1.Cl. The minimum Gasteiger partial charge on any atom is -0.329 e. The Hall–Kier alpha value is -1.06. The molecule has 1 aromatic rings. The molecule has 0 spiro atoms. The highest BCUT2D eigenvalue weighted by atomic mass is 35.5. The summed E-state index contributed by atoms with van der Waals surface area (Å²) in [5.74, 6) is 0.613. The van der Waals surface area contributed by atoms with E-state index in [4.69, 9.17) is 5.73 Å². The number of carbonyl (C=O) groups excluding carboxylic acids is 1. The fraction of sp³-hybridized carbons (Fsp3) is 0.588. The number of hydrogen-bond donors (Lipinski definition) is 1. The fourth-order valence-electron chi connectivity index (χ4n) is 2.48. The number of nitrogens with two attached hydrogens (primary N) is 1. The number of amides is 1. The lowest BCUT2D eigenvalue weighted by Gasteiger charge is -2.33. The first-order valence-corrected chi connectivity index (χ1v) is 7.50. The fourth-order valence-corrected chi connectivity index (χ4v) is 2.48. The molecule has 0 aromatic heterocycles. The van der Waals surface area contributed by atoms with E-state index in [-0.39, 0.29) is 18.3 Å². The Morgan fingerprint density at radius 2 is 1.67 bits per heavy atom. The summed E-state index contributed by atoms with van der Waals surface area (Å²) in [6.45, 7) is 8.79. The number of anilines is 1. The molecule has 0 aliphatic carbocycles. The van der Waals surface area contributed by atoms with Crippen molar-refractivity contribution in [2.24, 2.45) is 11.1 Å². The smallest absolute Gasteiger partial charge is 0.234 e. The highest BCUT2D eigenvalue weighted by Crippen LogP contribution is 2.30. The zero-order valence-electron chi connectivity index (χ0n) is 13.8. The first-order valence-electron chi connectivity index (χ1n) is 7.50. The van der Waals surface area contributed by atoms with Gasteiger partial charge in [0, 0.05) is 19.3 Å². The number of hydrogen-bond acceptors (Lipinski definition) is 2. The van der Waals surface area contributed by atoms with E-state index in [1.807, 2.05) is 33.0 Å². The van der Waals surface area contributed by atoms with Gasteiger partial charge in [-0.05, 0) is 36.5 Å². The first kappa shape index (κ1) is 19.9. The van der Waals surface area contributed by atoms with Gasteiger partial charge in [-0.15, -0.1) is 12.4 Å². The lowest BCUT2D eigenvalue weighted by molar-refractivity contribution is -0.127. The molecule has 0 aliphatic rings. The zero-order chi connectivity index (χ0) is 15.3. The van der Waals surface area contributed by atoms with Crippen LogP contribution in [0.4, 0.5) is 5.69 Å². The van der Waals surface area contributed by atoms with Crippen LogP contribution in [0, 0.1) is 5.41 Å². The van der Waals surface area contributed by atoms with Gasteiger partial charge in [0.15, 0.2) is 0 Å². The molecule has 1 rings (SSSR count). The lowest BCUT2D eigenvalue weighted by Crippen LogP contribution is -2.46. The summed E-state index contributed by atoms with van der Waals surface area (Å²) in [6.07, 6.45) is 1.54. The van der Waals surface area contributed by atoms with E-state index in [1.165, 1.54) is 5.56 Å². The van der Waals surface area contributed by atoms with Crippen LogP contribution in [0.1, 0.15) is 52.0 Å². The standard InChI is InChI=1S/C17H28N2O.ClH/c1-6-17(7-2,12-18)16(20)19(5)15-10-8-14(9-11-15)13(3)4;/h8-11,13H,6-7,12,18H2,1-5H3;1H. The number of nitrogens with zero attached hydrogens (tertiary/aromatic N) is 1. The Bertz CT molecular complexity index is 430. The van der Waals surface area contributed by atoms with Gasteiger partial charge in [-0.1, -0.05) is 39.8 Å². The van der Waals surface area contributed by atoms with E-state index in [0.29, 0.717) is 12.5 Å². The molecule has 4 heteroatoms. The molecule has 0 bridgehead atoms. The van der Waals surface area contributed by atoms with E-state index < -0.39 is 5.41 Å². The maximum absolute atomic E-state index is 12.7. The molecule has 0 radical (unpaired) electrons. The third-order valence-corrected chi connectivity index (χ3v) is 4.45. The van der Waals surface area contributed by atoms with Crippen molar-refractivity contribution in [2.75, 3.05) is 18.5 Å². The van der Waals surface area contributed by atoms with Crippen LogP contribution in [0.2, 0.25) is 0 Å². The molecule has 3 nitrogen and oxygen atoms in total. The summed E-state index contributed by atoms with van der Waals surface area (Å²) in [7, 11) is 1.84. The minimum absolute atomic E-state index is 0. The van der Waals surface area contributed by atoms with Gasteiger partial charge in [0.05, 0.1) is 5.41 Å². The molecule has 0 saturated heterocycles. The van der Waals surface area contributed by atoms with E-state index in [9.17, 15) is 4.79 Å². The van der Waals surface area contributed by atoms with Crippen molar-refractivity contribution in [1.82, 2.24) is 0 Å². The van der Waals surface area contributed by atoms with Crippen LogP contribution in [0.5, 0.6) is 0 Å². The Morgan fingerprint density at radius 3 is 2.00 bits per heavy atom. The largest absolute Gasteiger partial charge is 0.329 e. The molecule has 21 heavy (non-hydrogen) atoms. The van der Waals surface area contributed by atoms with Crippen LogP contribution in [0.25, 0.3) is 0 Å². The van der Waals surface area contributed by atoms with Crippen LogP contribution < -0.4 is 10.6 Å². The van der Waals surface area contributed by atoms with Gasteiger partial charge in [-0.25, -0.2) is 0 Å². The number of carbonyl (C=O) groups is 1. The van der Waals surface area contributed by atoms with Crippen molar-refractivity contribution in [3.8, 4) is 0 Å². The maximum atomic E-state index is 12.7. The summed E-state index contributed by atoms with van der Waals surface area (Å²) in [4.78, 5) is 14.5. The van der Waals surface area contributed by atoms with E-state index >= 15 is 0 Å². The summed E-state index contributed by atoms with van der Waals surface area (Å²) >= 11 is 0. The van der Waals surface area contributed by atoms with Gasteiger partial charge in [0.2, 0.25) is 5.91 Å². The van der Waals surface area contributed by atoms with Crippen LogP contribution in [0.15, 0.2) is 24.3 Å². The lowest BCUT2D eigenvalue weighted by atomic mass is 9.81. The third kappa shape index (κ3) is 4.21. The predicted octanol–water partition coefficient (Wildman–Crippen LogP) is 3.96. The van der Waals surface area contributed by atoms with Crippen molar-refractivity contribution < 1.29 is 4.79 Å². The second-order valence-electron chi connectivity index (χ2n) is 5.80. The molecular formula is C17H29ClN2O. The molecule has 0 aliphatic heterocycles. The molecule has 0 heterocycles. The van der Waals surface area contributed by atoms with Crippen molar-refractivity contribution in [3.63, 3.8) is 0 Å². The van der Waals surface area contributed by atoms with Crippen LogP contribution in [0.3, 0.4) is 0 Å². The maximum Gasteiger partial charge on any atom is 0.234 e. The normalized spacial score (nSPS) is 11.2. The molecule has 2 N–H and O–H groups in total. The van der Waals surface area contributed by atoms with Crippen molar-refractivity contribution >= 4 is 24.0 Å². The van der Waals surface area contributed by atoms with Gasteiger partial charge < -0.3 is 10.6 Å². The van der Waals surface area contributed by atoms with Crippen molar-refractivity contribution in [2.45, 2.75) is 46.5 Å². The molecule has 120 valence electrons. The minimum atomic E-state index is -0.439. The zero-order valence-corrected chi connectivity index (χ0v) is 14.7. The second-order valence-corrected chi connectivity index (χ2v) is 5.80. The van der Waals surface area contributed by atoms with Crippen molar-refractivity contribution in [3.05, 3.63) is 29.8 Å². The summed E-state index contributed by atoms with van der Waals surface area (Å²) in [5, 5.41) is 0. The molecule has 1 aromatic carbocycles. The monoisotopic (exact) mass is 312 g/mol. The van der Waals surface area contributed by atoms with E-state index in [0.717, 1.165) is 18.5 Å².